The molecule has 14 heavy (non-hydrogen) atoms. The number of rotatable bonds is 3. The summed E-state index contributed by atoms with van der Waals surface area (Å²) in [6.07, 6.45) is 0. The van der Waals surface area contributed by atoms with E-state index in [0.29, 0.717) is 17.8 Å². The van der Waals surface area contributed by atoms with Gasteiger partial charge in [0.25, 0.3) is 0 Å². The summed E-state index contributed by atoms with van der Waals surface area (Å²) in [4.78, 5) is 0. The lowest BCUT2D eigenvalue weighted by Gasteiger charge is -2.13. The quantitative estimate of drug-likeness (QED) is 0.684. The molecule has 1 aromatic rings. The molecule has 3 nitrogen and oxygen atoms in total. The van der Waals surface area contributed by atoms with E-state index in [0.717, 1.165) is 11.1 Å². The summed E-state index contributed by atoms with van der Waals surface area (Å²) < 4.78 is 5.34. The molecule has 0 amide bonds. The molecule has 0 radical (unpaired) electrons. The summed E-state index contributed by atoms with van der Waals surface area (Å²) in [7, 11) is -1.47. The molecule has 0 bridgehead atoms. The normalized spacial score (nSPS) is 10.1. The minimum atomic E-state index is -1.47. The molecule has 76 valence electrons. The third-order valence-corrected chi connectivity index (χ3v) is 2.05. The van der Waals surface area contributed by atoms with Crippen LogP contribution in [0, 0.1) is 13.8 Å². The van der Waals surface area contributed by atoms with Crippen LogP contribution in [0.5, 0.6) is 5.75 Å². The molecule has 0 saturated carbocycles. The number of ether oxygens (including phenoxy) is 1. The van der Waals surface area contributed by atoms with Crippen molar-refractivity contribution in [2.24, 2.45) is 0 Å². The predicted octanol–water partition coefficient (Wildman–Crippen LogP) is 0.382. The Bertz CT molecular complexity index is 323. The predicted molar refractivity (Wildman–Crippen MR) is 56.9 cm³/mol. The van der Waals surface area contributed by atoms with Gasteiger partial charge in [-0.3, -0.25) is 0 Å². The summed E-state index contributed by atoms with van der Waals surface area (Å²) in [5.41, 5.74) is 2.34. The highest BCUT2D eigenvalue weighted by atomic mass is 16.5. The molecule has 0 aliphatic carbocycles. The van der Waals surface area contributed by atoms with Crippen molar-refractivity contribution in [3.63, 3.8) is 0 Å². The lowest BCUT2D eigenvalue weighted by Crippen LogP contribution is -2.33. The van der Waals surface area contributed by atoms with Crippen molar-refractivity contribution < 1.29 is 14.8 Å². The summed E-state index contributed by atoms with van der Waals surface area (Å²) >= 11 is 0. The van der Waals surface area contributed by atoms with E-state index in [1.165, 1.54) is 0 Å². The Balaban J connectivity index is 3.21. The van der Waals surface area contributed by atoms with Crippen molar-refractivity contribution in [1.82, 2.24) is 0 Å². The van der Waals surface area contributed by atoms with E-state index < -0.39 is 7.12 Å². The Morgan fingerprint density at radius 1 is 1.29 bits per heavy atom. The summed E-state index contributed by atoms with van der Waals surface area (Å²) in [5, 5.41) is 18.4. The summed E-state index contributed by atoms with van der Waals surface area (Å²) in [6, 6.07) is 3.71. The van der Waals surface area contributed by atoms with E-state index in [9.17, 15) is 10.0 Å². The van der Waals surface area contributed by atoms with Gasteiger partial charge in [-0.2, -0.15) is 0 Å². The highest BCUT2D eigenvalue weighted by molar-refractivity contribution is 6.60. The fraction of sp³-hybridized carbons (Fsp3) is 0.400. The van der Waals surface area contributed by atoms with Crippen LogP contribution in [-0.2, 0) is 0 Å². The highest BCUT2D eigenvalue weighted by Crippen LogP contribution is 2.14. The molecule has 0 saturated heterocycles. The molecular formula is C10H15BO3. The van der Waals surface area contributed by atoms with Gasteiger partial charge >= 0.3 is 7.12 Å². The number of aryl methyl sites for hydroxylation is 2. The summed E-state index contributed by atoms with van der Waals surface area (Å²) in [6.45, 7) is 6.17. The van der Waals surface area contributed by atoms with Crippen molar-refractivity contribution in [2.75, 3.05) is 6.61 Å². The molecule has 0 aliphatic rings. The van der Waals surface area contributed by atoms with Crippen LogP contribution in [0.3, 0.4) is 0 Å². The Morgan fingerprint density at radius 2 is 1.93 bits per heavy atom. The number of hydrogen-bond donors (Lipinski definition) is 2. The molecule has 0 aliphatic heterocycles. The molecule has 0 heterocycles. The molecular weight excluding hydrogens is 179 g/mol. The van der Waals surface area contributed by atoms with Crippen molar-refractivity contribution >= 4 is 12.6 Å². The van der Waals surface area contributed by atoms with E-state index >= 15 is 0 Å². The van der Waals surface area contributed by atoms with E-state index in [2.05, 4.69) is 0 Å². The maximum absolute atomic E-state index is 9.18. The van der Waals surface area contributed by atoms with E-state index in [1.807, 2.05) is 32.9 Å². The molecule has 2 N–H and O–H groups in total. The van der Waals surface area contributed by atoms with Crippen LogP contribution < -0.4 is 10.2 Å². The Kier molecular flexibility index (Phi) is 3.55. The molecule has 0 atom stereocenters. The second kappa shape index (κ2) is 4.48. The van der Waals surface area contributed by atoms with Crippen molar-refractivity contribution in [3.05, 3.63) is 23.3 Å². The fourth-order valence-electron chi connectivity index (χ4n) is 1.55. The first kappa shape index (κ1) is 11.1. The largest absolute Gasteiger partial charge is 0.494 e. The van der Waals surface area contributed by atoms with Gasteiger partial charge in [0.15, 0.2) is 0 Å². The second-order valence-corrected chi connectivity index (χ2v) is 3.30. The lowest BCUT2D eigenvalue weighted by atomic mass is 9.76. The molecule has 1 aromatic carbocycles. The minimum Gasteiger partial charge on any atom is -0.494 e. The monoisotopic (exact) mass is 194 g/mol. The first-order valence-electron chi connectivity index (χ1n) is 4.66. The van der Waals surface area contributed by atoms with Gasteiger partial charge in [0.2, 0.25) is 0 Å². The molecule has 0 unspecified atom stereocenters. The highest BCUT2D eigenvalue weighted by Gasteiger charge is 2.19. The zero-order chi connectivity index (χ0) is 10.7. The van der Waals surface area contributed by atoms with Crippen LogP contribution in [0.25, 0.3) is 0 Å². The minimum absolute atomic E-state index is 0.456. The SMILES string of the molecule is CCOc1cc(C)cc(C)c1B(O)O. The maximum atomic E-state index is 9.18. The van der Waals surface area contributed by atoms with E-state index in [-0.39, 0.29) is 0 Å². The van der Waals surface area contributed by atoms with Crippen LogP contribution in [0.15, 0.2) is 12.1 Å². The van der Waals surface area contributed by atoms with Crippen LogP contribution in [0.2, 0.25) is 0 Å². The van der Waals surface area contributed by atoms with E-state index in [1.54, 1.807) is 0 Å². The van der Waals surface area contributed by atoms with Gasteiger partial charge in [-0.25, -0.2) is 0 Å². The second-order valence-electron chi connectivity index (χ2n) is 3.30. The number of benzene rings is 1. The molecule has 1 rings (SSSR count). The van der Waals surface area contributed by atoms with Crippen molar-refractivity contribution in [2.45, 2.75) is 20.8 Å². The van der Waals surface area contributed by atoms with Crippen LogP contribution in [0.1, 0.15) is 18.1 Å². The standard InChI is InChI=1S/C10H15BO3/c1-4-14-9-6-7(2)5-8(3)10(9)11(12)13/h5-6,12-13H,4H2,1-3H3. The average molecular weight is 194 g/mol. The van der Waals surface area contributed by atoms with Gasteiger partial charge < -0.3 is 14.8 Å². The van der Waals surface area contributed by atoms with Gasteiger partial charge in [-0.05, 0) is 38.0 Å². The Labute approximate surface area is 84.5 Å². The Morgan fingerprint density at radius 3 is 2.43 bits per heavy atom. The smallest absolute Gasteiger partial charge is 0.492 e. The molecule has 0 spiro atoms. The van der Waals surface area contributed by atoms with Gasteiger partial charge in [0, 0.05) is 5.46 Å². The zero-order valence-corrected chi connectivity index (χ0v) is 8.74. The summed E-state index contributed by atoms with van der Waals surface area (Å²) in [5.74, 6) is 0.556. The maximum Gasteiger partial charge on any atom is 0.492 e. The van der Waals surface area contributed by atoms with Gasteiger partial charge in [0.1, 0.15) is 5.75 Å². The van der Waals surface area contributed by atoms with Crippen molar-refractivity contribution in [3.8, 4) is 5.75 Å². The topological polar surface area (TPSA) is 49.7 Å². The third kappa shape index (κ3) is 2.27. The van der Waals surface area contributed by atoms with Crippen LogP contribution in [0.4, 0.5) is 0 Å². The molecule has 0 aromatic heterocycles. The van der Waals surface area contributed by atoms with Crippen LogP contribution >= 0.6 is 0 Å². The van der Waals surface area contributed by atoms with E-state index in [4.69, 9.17) is 4.74 Å². The zero-order valence-electron chi connectivity index (χ0n) is 8.74. The fourth-order valence-corrected chi connectivity index (χ4v) is 1.55. The van der Waals surface area contributed by atoms with Gasteiger partial charge in [-0.15, -0.1) is 0 Å². The third-order valence-electron chi connectivity index (χ3n) is 2.05. The molecule has 4 heteroatoms. The molecule has 0 fully saturated rings. The van der Waals surface area contributed by atoms with Gasteiger partial charge in [0.05, 0.1) is 6.61 Å². The Hall–Kier alpha value is -0.995. The lowest BCUT2D eigenvalue weighted by molar-refractivity contribution is 0.339. The number of hydrogen-bond acceptors (Lipinski definition) is 3. The average Bonchev–Trinajstić information content (AvgIpc) is 2.01. The van der Waals surface area contributed by atoms with Gasteiger partial charge in [-0.1, -0.05) is 6.07 Å². The van der Waals surface area contributed by atoms with Crippen LogP contribution in [-0.4, -0.2) is 23.8 Å². The first-order chi connectivity index (χ1) is 6.56. The van der Waals surface area contributed by atoms with Crippen molar-refractivity contribution in [1.29, 1.82) is 0 Å². The first-order valence-corrected chi connectivity index (χ1v) is 4.66.